The van der Waals surface area contributed by atoms with Crippen LogP contribution in [0.3, 0.4) is 0 Å². The van der Waals surface area contributed by atoms with E-state index in [1.807, 2.05) is 30.3 Å². The number of hydrogen-bond donors (Lipinski definition) is 1. The van der Waals surface area contributed by atoms with Gasteiger partial charge < -0.3 is 5.11 Å². The van der Waals surface area contributed by atoms with E-state index in [1.165, 1.54) is 0 Å². The average molecular weight is 247 g/mol. The van der Waals surface area contributed by atoms with E-state index in [9.17, 15) is 5.11 Å². The van der Waals surface area contributed by atoms with E-state index in [0.717, 1.165) is 16.5 Å². The third-order valence-electron chi connectivity index (χ3n) is 2.61. The number of fused-ring (bicyclic) bond motifs is 1. The zero-order chi connectivity index (χ0) is 12.3. The van der Waals surface area contributed by atoms with Crippen molar-refractivity contribution in [3.63, 3.8) is 0 Å². The number of rotatable bonds is 4. The molecule has 2 aromatic rings. The molecule has 1 heterocycles. The number of nitrogens with zero attached hydrogens (tertiary/aromatic N) is 1. The minimum absolute atomic E-state index is 0.444. The Kier molecular flexibility index (Phi) is 4.02. The maximum Gasteiger partial charge on any atom is 0.0901 e. The van der Waals surface area contributed by atoms with Gasteiger partial charge in [-0.25, -0.2) is 0 Å². The van der Waals surface area contributed by atoms with Gasteiger partial charge in [-0.1, -0.05) is 38.1 Å². The first-order valence-corrected chi connectivity index (χ1v) is 6.86. The third kappa shape index (κ3) is 2.99. The average Bonchev–Trinajstić information content (AvgIpc) is 2.35. The second kappa shape index (κ2) is 5.52. The first kappa shape index (κ1) is 12.4. The van der Waals surface area contributed by atoms with E-state index in [-0.39, 0.29) is 0 Å². The molecule has 17 heavy (non-hydrogen) atoms. The molecule has 0 aliphatic carbocycles. The van der Waals surface area contributed by atoms with Gasteiger partial charge in [-0.2, -0.15) is 11.8 Å². The molecule has 0 saturated heterocycles. The zero-order valence-corrected chi connectivity index (χ0v) is 10.9. The van der Waals surface area contributed by atoms with Gasteiger partial charge in [0.25, 0.3) is 0 Å². The molecular formula is C14H17NOS. The van der Waals surface area contributed by atoms with Crippen molar-refractivity contribution in [3.05, 3.63) is 42.1 Å². The molecule has 0 saturated carbocycles. The molecule has 1 unspecified atom stereocenters. The molecule has 90 valence electrons. The fraction of sp³-hybridized carbons (Fsp3) is 0.357. The number of pyridine rings is 1. The maximum absolute atomic E-state index is 10.2. The third-order valence-corrected chi connectivity index (χ3v) is 3.79. The quantitative estimate of drug-likeness (QED) is 0.898. The van der Waals surface area contributed by atoms with Crippen LogP contribution in [0.1, 0.15) is 25.5 Å². The molecule has 0 spiro atoms. The second-order valence-electron chi connectivity index (χ2n) is 4.32. The van der Waals surface area contributed by atoms with E-state index in [0.29, 0.717) is 11.0 Å². The number of aromatic nitrogens is 1. The summed E-state index contributed by atoms with van der Waals surface area (Å²) in [5.41, 5.74) is 1.84. The van der Waals surface area contributed by atoms with Crippen LogP contribution in [0.4, 0.5) is 0 Å². The van der Waals surface area contributed by atoms with E-state index in [2.05, 4.69) is 18.8 Å². The van der Waals surface area contributed by atoms with Gasteiger partial charge in [0.1, 0.15) is 0 Å². The number of hydrogen-bond acceptors (Lipinski definition) is 3. The first-order chi connectivity index (χ1) is 8.18. The van der Waals surface area contributed by atoms with Crippen LogP contribution in [0.5, 0.6) is 0 Å². The molecule has 2 nitrogen and oxygen atoms in total. The number of para-hydroxylation sites is 1. The molecule has 0 amide bonds. The SMILES string of the molecule is CC(C)SCC(O)c1cccc2cccnc12. The van der Waals surface area contributed by atoms with Crippen LogP contribution in [0, 0.1) is 0 Å². The lowest BCUT2D eigenvalue weighted by Crippen LogP contribution is -2.04. The van der Waals surface area contributed by atoms with E-state index in [1.54, 1.807) is 18.0 Å². The minimum Gasteiger partial charge on any atom is -0.387 e. The highest BCUT2D eigenvalue weighted by atomic mass is 32.2. The second-order valence-corrected chi connectivity index (χ2v) is 5.93. The van der Waals surface area contributed by atoms with Crippen molar-refractivity contribution in [2.45, 2.75) is 25.2 Å². The van der Waals surface area contributed by atoms with Crippen molar-refractivity contribution < 1.29 is 5.11 Å². The lowest BCUT2D eigenvalue weighted by Gasteiger charge is -2.14. The molecule has 0 aliphatic heterocycles. The molecule has 1 aromatic heterocycles. The van der Waals surface area contributed by atoms with Gasteiger partial charge in [0, 0.05) is 22.9 Å². The Morgan fingerprint density at radius 1 is 1.24 bits per heavy atom. The van der Waals surface area contributed by atoms with Crippen LogP contribution in [-0.2, 0) is 0 Å². The van der Waals surface area contributed by atoms with Crippen LogP contribution in [0.25, 0.3) is 10.9 Å². The van der Waals surface area contributed by atoms with Crippen molar-refractivity contribution in [1.29, 1.82) is 0 Å². The van der Waals surface area contributed by atoms with Crippen LogP contribution in [0.15, 0.2) is 36.5 Å². The van der Waals surface area contributed by atoms with Gasteiger partial charge in [-0.3, -0.25) is 4.98 Å². The molecule has 0 aliphatic rings. The van der Waals surface area contributed by atoms with Crippen LogP contribution >= 0.6 is 11.8 Å². The summed E-state index contributed by atoms with van der Waals surface area (Å²) in [6, 6.07) is 9.90. The highest BCUT2D eigenvalue weighted by Crippen LogP contribution is 2.26. The van der Waals surface area contributed by atoms with Gasteiger partial charge in [-0.05, 0) is 11.3 Å². The van der Waals surface area contributed by atoms with Crippen molar-refractivity contribution in [2.24, 2.45) is 0 Å². The Bertz CT molecular complexity index is 493. The standard InChI is InChI=1S/C14H17NOS/c1-10(2)17-9-13(16)12-7-3-5-11-6-4-8-15-14(11)12/h3-8,10,13,16H,9H2,1-2H3. The van der Waals surface area contributed by atoms with E-state index in [4.69, 9.17) is 0 Å². The molecule has 1 atom stereocenters. The lowest BCUT2D eigenvalue weighted by atomic mass is 10.1. The fourth-order valence-electron chi connectivity index (χ4n) is 1.77. The highest BCUT2D eigenvalue weighted by molar-refractivity contribution is 7.99. The van der Waals surface area contributed by atoms with Gasteiger partial charge >= 0.3 is 0 Å². The summed E-state index contributed by atoms with van der Waals surface area (Å²) in [7, 11) is 0. The van der Waals surface area contributed by atoms with Gasteiger partial charge in [0.2, 0.25) is 0 Å². The van der Waals surface area contributed by atoms with Gasteiger partial charge in [0.15, 0.2) is 0 Å². The zero-order valence-electron chi connectivity index (χ0n) is 10.1. The van der Waals surface area contributed by atoms with Gasteiger partial charge in [-0.15, -0.1) is 0 Å². The summed E-state index contributed by atoms with van der Waals surface area (Å²) in [6.07, 6.45) is 1.33. The topological polar surface area (TPSA) is 33.1 Å². The van der Waals surface area contributed by atoms with E-state index < -0.39 is 6.10 Å². The summed E-state index contributed by atoms with van der Waals surface area (Å²) in [5, 5.41) is 11.8. The van der Waals surface area contributed by atoms with Crippen LogP contribution in [0.2, 0.25) is 0 Å². The summed E-state index contributed by atoms with van der Waals surface area (Å²) in [6.45, 7) is 4.28. The summed E-state index contributed by atoms with van der Waals surface area (Å²) in [5.74, 6) is 0.716. The number of thioether (sulfide) groups is 1. The largest absolute Gasteiger partial charge is 0.387 e. The van der Waals surface area contributed by atoms with Crippen molar-refractivity contribution in [3.8, 4) is 0 Å². The lowest BCUT2D eigenvalue weighted by molar-refractivity contribution is 0.205. The summed E-state index contributed by atoms with van der Waals surface area (Å²) >= 11 is 1.76. The smallest absolute Gasteiger partial charge is 0.0901 e. The van der Waals surface area contributed by atoms with Crippen molar-refractivity contribution in [2.75, 3.05) is 5.75 Å². The summed E-state index contributed by atoms with van der Waals surface area (Å²) in [4.78, 5) is 4.36. The van der Waals surface area contributed by atoms with Crippen LogP contribution in [-0.4, -0.2) is 21.1 Å². The molecular weight excluding hydrogens is 230 g/mol. The van der Waals surface area contributed by atoms with E-state index >= 15 is 0 Å². The van der Waals surface area contributed by atoms with Crippen molar-refractivity contribution in [1.82, 2.24) is 4.98 Å². The first-order valence-electron chi connectivity index (χ1n) is 5.82. The predicted octanol–water partition coefficient (Wildman–Crippen LogP) is 3.41. The predicted molar refractivity (Wildman–Crippen MR) is 74.3 cm³/mol. The monoisotopic (exact) mass is 247 g/mol. The number of aliphatic hydroxyl groups excluding tert-OH is 1. The van der Waals surface area contributed by atoms with Gasteiger partial charge in [0.05, 0.1) is 11.6 Å². The molecule has 1 N–H and O–H groups in total. The Hall–Kier alpha value is -1.06. The molecule has 0 radical (unpaired) electrons. The van der Waals surface area contributed by atoms with Crippen LogP contribution < -0.4 is 0 Å². The minimum atomic E-state index is -0.444. The normalized spacial score (nSPS) is 13.2. The fourth-order valence-corrected chi connectivity index (χ4v) is 2.52. The Morgan fingerprint density at radius 2 is 2.00 bits per heavy atom. The Balaban J connectivity index is 2.28. The molecule has 0 bridgehead atoms. The molecule has 2 rings (SSSR count). The number of aliphatic hydroxyl groups is 1. The highest BCUT2D eigenvalue weighted by Gasteiger charge is 2.12. The Labute approximate surface area is 106 Å². The Morgan fingerprint density at radius 3 is 2.76 bits per heavy atom. The summed E-state index contributed by atoms with van der Waals surface area (Å²) < 4.78 is 0. The van der Waals surface area contributed by atoms with Crippen molar-refractivity contribution >= 4 is 22.7 Å². The molecule has 0 fully saturated rings. The molecule has 3 heteroatoms. The maximum atomic E-state index is 10.2. The molecule has 1 aromatic carbocycles. The number of benzene rings is 1.